The van der Waals surface area contributed by atoms with Crippen molar-refractivity contribution in [3.63, 3.8) is 0 Å². The summed E-state index contributed by atoms with van der Waals surface area (Å²) in [6, 6.07) is 11.8. The van der Waals surface area contributed by atoms with E-state index in [2.05, 4.69) is 9.97 Å². The van der Waals surface area contributed by atoms with Crippen molar-refractivity contribution in [2.75, 3.05) is 13.2 Å². The van der Waals surface area contributed by atoms with Gasteiger partial charge in [-0.25, -0.2) is 9.97 Å². The summed E-state index contributed by atoms with van der Waals surface area (Å²) in [7, 11) is 0. The predicted octanol–water partition coefficient (Wildman–Crippen LogP) is 4.07. The van der Waals surface area contributed by atoms with Crippen LogP contribution >= 0.6 is 23.4 Å². The zero-order valence-corrected chi connectivity index (χ0v) is 12.5. The molecule has 0 radical (unpaired) electrons. The number of benzene rings is 1. The molecule has 1 aliphatic heterocycles. The Balaban J connectivity index is 1.83. The van der Waals surface area contributed by atoms with E-state index in [4.69, 9.17) is 16.3 Å². The van der Waals surface area contributed by atoms with Gasteiger partial charge in [0.1, 0.15) is 10.2 Å². The highest BCUT2D eigenvalue weighted by atomic mass is 35.5. The molecular formula is C15H15ClN2OS. The van der Waals surface area contributed by atoms with Crippen molar-refractivity contribution in [1.29, 1.82) is 0 Å². The molecule has 2 aromatic rings. The fraction of sp³-hybridized carbons (Fsp3) is 0.333. The van der Waals surface area contributed by atoms with Crippen LogP contribution in [0, 0.1) is 0 Å². The number of aromatic nitrogens is 2. The summed E-state index contributed by atoms with van der Waals surface area (Å²) < 4.78 is 5.38. The Bertz CT molecular complexity index is 573. The maximum Gasteiger partial charge on any atom is 0.162 e. The lowest BCUT2D eigenvalue weighted by Gasteiger charge is -2.21. The van der Waals surface area contributed by atoms with E-state index < -0.39 is 0 Å². The Morgan fingerprint density at radius 2 is 1.85 bits per heavy atom. The first-order chi connectivity index (χ1) is 9.81. The zero-order valence-electron chi connectivity index (χ0n) is 11.0. The van der Waals surface area contributed by atoms with Crippen LogP contribution in [0.25, 0.3) is 11.4 Å². The molecule has 0 aliphatic carbocycles. The molecule has 0 saturated carbocycles. The van der Waals surface area contributed by atoms with Crippen molar-refractivity contribution >= 4 is 23.4 Å². The van der Waals surface area contributed by atoms with Crippen LogP contribution in [-0.4, -0.2) is 28.4 Å². The predicted molar refractivity (Wildman–Crippen MR) is 82.2 cm³/mol. The van der Waals surface area contributed by atoms with Crippen LogP contribution in [0.15, 0.2) is 41.4 Å². The molecule has 1 aromatic carbocycles. The number of rotatable bonds is 3. The Kier molecular flexibility index (Phi) is 4.55. The maximum atomic E-state index is 6.13. The molecule has 1 fully saturated rings. The molecule has 0 spiro atoms. The van der Waals surface area contributed by atoms with Crippen molar-refractivity contribution in [1.82, 2.24) is 9.97 Å². The topological polar surface area (TPSA) is 35.0 Å². The third-order valence-electron chi connectivity index (χ3n) is 3.16. The molecule has 0 N–H and O–H groups in total. The molecule has 0 atom stereocenters. The first-order valence-corrected chi connectivity index (χ1v) is 7.91. The summed E-state index contributed by atoms with van der Waals surface area (Å²) >= 11 is 7.90. The second-order valence-electron chi connectivity index (χ2n) is 4.65. The minimum absolute atomic E-state index is 0.494. The lowest BCUT2D eigenvalue weighted by atomic mass is 10.2. The molecule has 3 nitrogen and oxygen atoms in total. The van der Waals surface area contributed by atoms with Gasteiger partial charge in [-0.3, -0.25) is 0 Å². The molecular weight excluding hydrogens is 292 g/mol. The van der Waals surface area contributed by atoms with Crippen LogP contribution in [0.1, 0.15) is 12.8 Å². The van der Waals surface area contributed by atoms with Crippen molar-refractivity contribution in [2.24, 2.45) is 0 Å². The average Bonchev–Trinajstić information content (AvgIpc) is 2.49. The van der Waals surface area contributed by atoms with Crippen LogP contribution in [0.5, 0.6) is 0 Å². The smallest absolute Gasteiger partial charge is 0.162 e. The number of thioether (sulfide) groups is 1. The van der Waals surface area contributed by atoms with E-state index in [1.165, 1.54) is 0 Å². The van der Waals surface area contributed by atoms with Gasteiger partial charge in [0.15, 0.2) is 5.82 Å². The van der Waals surface area contributed by atoms with Crippen molar-refractivity contribution < 1.29 is 4.74 Å². The summed E-state index contributed by atoms with van der Waals surface area (Å²) in [4.78, 5) is 8.94. The SMILES string of the molecule is Clc1cc(SC2CCOCC2)nc(-c2ccccc2)n1. The highest BCUT2D eigenvalue weighted by Gasteiger charge is 2.16. The van der Waals surface area contributed by atoms with E-state index in [1.807, 2.05) is 36.4 Å². The number of hydrogen-bond acceptors (Lipinski definition) is 4. The standard InChI is InChI=1S/C15H15ClN2OS/c16-13-10-14(20-12-6-8-19-9-7-12)18-15(17-13)11-4-2-1-3-5-11/h1-5,10,12H,6-9H2. The molecule has 0 unspecified atom stereocenters. The van der Waals surface area contributed by atoms with Crippen LogP contribution in [0.2, 0.25) is 5.15 Å². The van der Waals surface area contributed by atoms with Gasteiger partial charge >= 0.3 is 0 Å². The number of nitrogens with zero attached hydrogens (tertiary/aromatic N) is 2. The van der Waals surface area contributed by atoms with Crippen molar-refractivity contribution in [3.05, 3.63) is 41.6 Å². The maximum absolute atomic E-state index is 6.13. The number of ether oxygens (including phenoxy) is 1. The largest absolute Gasteiger partial charge is 0.381 e. The Morgan fingerprint density at radius 3 is 2.60 bits per heavy atom. The first-order valence-electron chi connectivity index (χ1n) is 6.66. The van der Waals surface area contributed by atoms with Gasteiger partial charge in [-0.2, -0.15) is 0 Å². The lowest BCUT2D eigenvalue weighted by molar-refractivity contribution is 0.1000. The number of halogens is 1. The molecule has 0 bridgehead atoms. The summed E-state index contributed by atoms with van der Waals surface area (Å²) in [6.07, 6.45) is 2.12. The second kappa shape index (κ2) is 6.57. The first kappa shape index (κ1) is 13.9. The quantitative estimate of drug-likeness (QED) is 0.801. The Labute approximate surface area is 127 Å². The monoisotopic (exact) mass is 306 g/mol. The molecule has 3 rings (SSSR count). The fourth-order valence-corrected chi connectivity index (χ4v) is 3.47. The van der Waals surface area contributed by atoms with Gasteiger partial charge in [0.25, 0.3) is 0 Å². The summed E-state index contributed by atoms with van der Waals surface area (Å²) in [5, 5.41) is 1.99. The normalized spacial score (nSPS) is 16.2. The summed E-state index contributed by atoms with van der Waals surface area (Å²) in [6.45, 7) is 1.67. The van der Waals surface area contributed by atoms with Crippen LogP contribution in [0.4, 0.5) is 0 Å². The van der Waals surface area contributed by atoms with Crippen molar-refractivity contribution in [3.8, 4) is 11.4 Å². The van der Waals surface area contributed by atoms with Crippen LogP contribution < -0.4 is 0 Å². The zero-order chi connectivity index (χ0) is 13.8. The summed E-state index contributed by atoms with van der Waals surface area (Å²) in [5.41, 5.74) is 0.990. The van der Waals surface area contributed by atoms with Gasteiger partial charge in [0.05, 0.1) is 0 Å². The van der Waals surface area contributed by atoms with Gasteiger partial charge < -0.3 is 4.74 Å². The van der Waals surface area contributed by atoms with Crippen molar-refractivity contribution in [2.45, 2.75) is 23.1 Å². The van der Waals surface area contributed by atoms with Gasteiger partial charge in [-0.15, -0.1) is 11.8 Å². The van der Waals surface area contributed by atoms with Crippen LogP contribution in [-0.2, 0) is 4.74 Å². The lowest BCUT2D eigenvalue weighted by Crippen LogP contribution is -2.17. The van der Waals surface area contributed by atoms with E-state index in [0.717, 1.165) is 36.6 Å². The molecule has 20 heavy (non-hydrogen) atoms. The van der Waals surface area contributed by atoms with E-state index in [-0.39, 0.29) is 0 Å². The average molecular weight is 307 g/mol. The summed E-state index contributed by atoms with van der Waals surface area (Å²) in [5.74, 6) is 0.688. The molecule has 5 heteroatoms. The van der Waals surface area contributed by atoms with Gasteiger partial charge in [0.2, 0.25) is 0 Å². The molecule has 2 heterocycles. The molecule has 104 valence electrons. The molecule has 1 saturated heterocycles. The van der Waals surface area contributed by atoms with E-state index in [0.29, 0.717) is 16.2 Å². The minimum Gasteiger partial charge on any atom is -0.381 e. The third kappa shape index (κ3) is 3.51. The van der Waals surface area contributed by atoms with Crippen LogP contribution in [0.3, 0.4) is 0 Å². The molecule has 0 amide bonds. The van der Waals surface area contributed by atoms with E-state index in [1.54, 1.807) is 11.8 Å². The van der Waals surface area contributed by atoms with E-state index >= 15 is 0 Å². The highest BCUT2D eigenvalue weighted by Crippen LogP contribution is 2.30. The van der Waals surface area contributed by atoms with Gasteiger partial charge in [0, 0.05) is 30.1 Å². The molecule has 1 aliphatic rings. The Morgan fingerprint density at radius 1 is 1.10 bits per heavy atom. The van der Waals surface area contributed by atoms with Gasteiger partial charge in [-0.05, 0) is 12.8 Å². The van der Waals surface area contributed by atoms with E-state index in [9.17, 15) is 0 Å². The fourth-order valence-electron chi connectivity index (χ4n) is 2.14. The number of hydrogen-bond donors (Lipinski definition) is 0. The highest BCUT2D eigenvalue weighted by molar-refractivity contribution is 7.99. The second-order valence-corrected chi connectivity index (χ2v) is 6.36. The third-order valence-corrected chi connectivity index (χ3v) is 4.61. The van der Waals surface area contributed by atoms with Gasteiger partial charge in [-0.1, -0.05) is 41.9 Å². The Hall–Kier alpha value is -1.10. The molecule has 1 aromatic heterocycles. The minimum atomic E-state index is 0.494.